The van der Waals surface area contributed by atoms with Crippen molar-refractivity contribution in [2.45, 2.75) is 84.2 Å². The van der Waals surface area contributed by atoms with Crippen LogP contribution in [-0.4, -0.2) is 22.4 Å². The van der Waals surface area contributed by atoms with Crippen LogP contribution in [-0.2, 0) is 6.42 Å². The van der Waals surface area contributed by atoms with Crippen LogP contribution in [0.2, 0.25) is 0 Å². The Balaban J connectivity index is 1.83. The van der Waals surface area contributed by atoms with E-state index < -0.39 is 0 Å². The Morgan fingerprint density at radius 3 is 2.71 bits per heavy atom. The monoisotopic (exact) mass is 291 g/mol. The molecule has 0 radical (unpaired) electrons. The molecule has 1 aliphatic rings. The van der Waals surface area contributed by atoms with E-state index in [9.17, 15) is 0 Å². The van der Waals surface area contributed by atoms with Crippen LogP contribution in [0.3, 0.4) is 0 Å². The number of hydrogen-bond acceptors (Lipinski definition) is 2. The lowest BCUT2D eigenvalue weighted by atomic mass is 9.96. The molecule has 1 fully saturated rings. The van der Waals surface area contributed by atoms with Crippen LogP contribution in [0.15, 0.2) is 12.3 Å². The van der Waals surface area contributed by atoms with E-state index in [1.165, 1.54) is 50.6 Å². The third-order valence-corrected chi connectivity index (χ3v) is 4.79. The molecule has 0 amide bonds. The van der Waals surface area contributed by atoms with Gasteiger partial charge in [0.25, 0.3) is 0 Å². The number of nitrogens with one attached hydrogen (secondary N) is 1. The molecule has 1 N–H and O–H groups in total. The second-order valence-electron chi connectivity index (χ2n) is 6.92. The van der Waals surface area contributed by atoms with Crippen molar-refractivity contribution in [3.05, 3.63) is 18.0 Å². The largest absolute Gasteiger partial charge is 0.314 e. The Labute approximate surface area is 130 Å². The van der Waals surface area contributed by atoms with Crippen LogP contribution < -0.4 is 5.32 Å². The van der Waals surface area contributed by atoms with Crippen LogP contribution >= 0.6 is 0 Å². The summed E-state index contributed by atoms with van der Waals surface area (Å²) in [7, 11) is 0. The van der Waals surface area contributed by atoms with E-state index in [0.29, 0.717) is 18.0 Å². The van der Waals surface area contributed by atoms with Gasteiger partial charge in [-0.3, -0.25) is 4.68 Å². The molecule has 21 heavy (non-hydrogen) atoms. The molecular formula is C18H33N3. The van der Waals surface area contributed by atoms with E-state index in [4.69, 9.17) is 5.10 Å². The van der Waals surface area contributed by atoms with Crippen molar-refractivity contribution >= 4 is 0 Å². The highest BCUT2D eigenvalue weighted by Gasteiger charge is 2.17. The number of hydrogen-bond donors (Lipinski definition) is 1. The van der Waals surface area contributed by atoms with Crippen molar-refractivity contribution in [3.63, 3.8) is 0 Å². The van der Waals surface area contributed by atoms with E-state index in [2.05, 4.69) is 43.0 Å². The molecule has 3 nitrogen and oxygen atoms in total. The summed E-state index contributed by atoms with van der Waals surface area (Å²) in [4.78, 5) is 0. The smallest absolute Gasteiger partial charge is 0.0625 e. The SMILES string of the molecule is CCCNC(CCc1ccn(C2CCCCC2)n1)C(C)C. The average Bonchev–Trinajstić information content (AvgIpc) is 2.97. The predicted molar refractivity (Wildman–Crippen MR) is 89.6 cm³/mol. The van der Waals surface area contributed by atoms with Crippen molar-refractivity contribution in [2.24, 2.45) is 5.92 Å². The second kappa shape index (κ2) is 8.57. The van der Waals surface area contributed by atoms with E-state index in [-0.39, 0.29) is 0 Å². The third-order valence-electron chi connectivity index (χ3n) is 4.79. The minimum atomic E-state index is 0.616. The fourth-order valence-corrected chi connectivity index (χ4v) is 3.36. The van der Waals surface area contributed by atoms with Crippen LogP contribution in [0.25, 0.3) is 0 Å². The lowest BCUT2D eigenvalue weighted by Crippen LogP contribution is -2.34. The first-order chi connectivity index (χ1) is 10.2. The Bertz CT molecular complexity index is 391. The highest BCUT2D eigenvalue weighted by molar-refractivity contribution is 5.01. The zero-order valence-corrected chi connectivity index (χ0v) is 14.1. The zero-order valence-electron chi connectivity index (χ0n) is 14.1. The molecule has 1 aromatic rings. The highest BCUT2D eigenvalue weighted by Crippen LogP contribution is 2.27. The lowest BCUT2D eigenvalue weighted by Gasteiger charge is -2.22. The Kier molecular flexibility index (Phi) is 6.75. The van der Waals surface area contributed by atoms with Gasteiger partial charge in [-0.1, -0.05) is 40.0 Å². The molecule has 1 unspecified atom stereocenters. The molecule has 1 atom stereocenters. The molecule has 0 spiro atoms. The van der Waals surface area contributed by atoms with Crippen molar-refractivity contribution in [3.8, 4) is 0 Å². The van der Waals surface area contributed by atoms with Gasteiger partial charge in [0.2, 0.25) is 0 Å². The van der Waals surface area contributed by atoms with Gasteiger partial charge in [0, 0.05) is 12.2 Å². The standard InChI is InChI=1S/C18H33N3/c1-4-13-19-18(15(2)3)11-10-16-12-14-21(20-16)17-8-6-5-7-9-17/h12,14-15,17-19H,4-11,13H2,1-3H3. The number of nitrogens with zero attached hydrogens (tertiary/aromatic N) is 2. The maximum absolute atomic E-state index is 4.83. The molecule has 0 bridgehead atoms. The molecule has 0 aromatic carbocycles. The van der Waals surface area contributed by atoms with Crippen LogP contribution in [0.4, 0.5) is 0 Å². The Morgan fingerprint density at radius 2 is 2.05 bits per heavy atom. The molecule has 1 saturated carbocycles. The molecule has 3 heteroatoms. The molecule has 1 aliphatic carbocycles. The fraction of sp³-hybridized carbons (Fsp3) is 0.833. The summed E-state index contributed by atoms with van der Waals surface area (Å²) in [6.07, 6.45) is 12.5. The van der Waals surface area contributed by atoms with Crippen molar-refractivity contribution in [1.29, 1.82) is 0 Å². The molecule has 1 aromatic heterocycles. The first kappa shape index (κ1) is 16.5. The summed E-state index contributed by atoms with van der Waals surface area (Å²) in [6, 6.07) is 3.50. The fourth-order valence-electron chi connectivity index (χ4n) is 3.36. The van der Waals surface area contributed by atoms with E-state index in [1.54, 1.807) is 0 Å². The van der Waals surface area contributed by atoms with E-state index in [1.807, 2.05) is 0 Å². The maximum atomic E-state index is 4.83. The number of aromatic nitrogens is 2. The van der Waals surface area contributed by atoms with Crippen LogP contribution in [0.1, 0.15) is 77.5 Å². The summed E-state index contributed by atoms with van der Waals surface area (Å²) in [5, 5.41) is 8.51. The second-order valence-corrected chi connectivity index (χ2v) is 6.92. The average molecular weight is 291 g/mol. The topological polar surface area (TPSA) is 29.9 Å². The number of aryl methyl sites for hydroxylation is 1. The normalized spacial score (nSPS) is 18.3. The Hall–Kier alpha value is -0.830. The van der Waals surface area contributed by atoms with Gasteiger partial charge in [0.1, 0.15) is 0 Å². The maximum Gasteiger partial charge on any atom is 0.0625 e. The van der Waals surface area contributed by atoms with Gasteiger partial charge in [-0.2, -0.15) is 5.10 Å². The van der Waals surface area contributed by atoms with Crippen LogP contribution in [0.5, 0.6) is 0 Å². The molecule has 2 rings (SSSR count). The third kappa shape index (κ3) is 5.14. The predicted octanol–water partition coefficient (Wildman–Crippen LogP) is 4.35. The van der Waals surface area contributed by atoms with Gasteiger partial charge in [-0.25, -0.2) is 0 Å². The van der Waals surface area contributed by atoms with Crippen molar-refractivity contribution in [2.75, 3.05) is 6.54 Å². The summed E-state index contributed by atoms with van der Waals surface area (Å²) < 4.78 is 2.23. The highest BCUT2D eigenvalue weighted by atomic mass is 15.3. The first-order valence-corrected chi connectivity index (χ1v) is 8.98. The summed E-state index contributed by atoms with van der Waals surface area (Å²) in [6.45, 7) is 7.98. The van der Waals surface area contributed by atoms with Gasteiger partial charge >= 0.3 is 0 Å². The summed E-state index contributed by atoms with van der Waals surface area (Å²) in [5.74, 6) is 0.692. The quantitative estimate of drug-likeness (QED) is 0.772. The van der Waals surface area contributed by atoms with Crippen molar-refractivity contribution in [1.82, 2.24) is 15.1 Å². The van der Waals surface area contributed by atoms with E-state index >= 15 is 0 Å². The van der Waals surface area contributed by atoms with Gasteiger partial charge in [0.15, 0.2) is 0 Å². The molecular weight excluding hydrogens is 258 g/mol. The minimum absolute atomic E-state index is 0.616. The molecule has 1 heterocycles. The lowest BCUT2D eigenvalue weighted by molar-refractivity contribution is 0.327. The van der Waals surface area contributed by atoms with Gasteiger partial charge in [0.05, 0.1) is 11.7 Å². The molecule has 120 valence electrons. The Morgan fingerprint density at radius 1 is 1.29 bits per heavy atom. The van der Waals surface area contributed by atoms with E-state index in [0.717, 1.165) is 13.0 Å². The summed E-state index contributed by atoms with van der Waals surface area (Å²) in [5.41, 5.74) is 1.27. The number of rotatable bonds is 8. The molecule has 0 saturated heterocycles. The minimum Gasteiger partial charge on any atom is -0.314 e. The van der Waals surface area contributed by atoms with Gasteiger partial charge in [-0.05, 0) is 50.6 Å². The summed E-state index contributed by atoms with van der Waals surface area (Å²) >= 11 is 0. The zero-order chi connectivity index (χ0) is 15.1. The van der Waals surface area contributed by atoms with Gasteiger partial charge < -0.3 is 5.32 Å². The van der Waals surface area contributed by atoms with Gasteiger partial charge in [-0.15, -0.1) is 0 Å². The van der Waals surface area contributed by atoms with Crippen molar-refractivity contribution < 1.29 is 0 Å². The molecule has 0 aliphatic heterocycles. The first-order valence-electron chi connectivity index (χ1n) is 8.98. The van der Waals surface area contributed by atoms with Crippen LogP contribution in [0, 0.1) is 5.92 Å².